The fourth-order valence-electron chi connectivity index (χ4n) is 1.74. The number of thiol groups is 1. The Labute approximate surface area is 136 Å². The summed E-state index contributed by atoms with van der Waals surface area (Å²) in [6.45, 7) is 2.15. The lowest BCUT2D eigenvalue weighted by Crippen LogP contribution is -2.13. The molecule has 0 atom stereocenters. The zero-order valence-electron chi connectivity index (χ0n) is 11.2. The number of hydrogen-bond donors (Lipinski definition) is 2. The van der Waals surface area contributed by atoms with Crippen molar-refractivity contribution >= 4 is 40.2 Å². The number of benzene rings is 2. The summed E-state index contributed by atoms with van der Waals surface area (Å²) >= 11 is 7.50. The number of hydrogen-bond acceptors (Lipinski definition) is 3. The number of amides is 1. The topological polar surface area (TPSA) is 38.3 Å². The molecule has 0 saturated carbocycles. The first-order valence-electron chi connectivity index (χ1n) is 6.23. The molecule has 0 bridgehead atoms. The Kier molecular flexibility index (Phi) is 5.25. The summed E-state index contributed by atoms with van der Waals surface area (Å²) in [4.78, 5) is 12.8. The van der Waals surface area contributed by atoms with Gasteiger partial charge in [0.2, 0.25) is 0 Å². The molecule has 0 fully saturated rings. The standard InChI is InChI=1S/C15H13BrFNO2S/c1-2-20-14-6-3-9(7-13(14)17)18-15(19)11-8-10(21)4-5-12(11)16/h3-8,21H,2H2,1H3,(H,18,19). The van der Waals surface area contributed by atoms with E-state index in [2.05, 4.69) is 33.9 Å². The molecule has 1 N–H and O–H groups in total. The predicted molar refractivity (Wildman–Crippen MR) is 86.9 cm³/mol. The van der Waals surface area contributed by atoms with Crippen LogP contribution in [0.4, 0.5) is 10.1 Å². The fourth-order valence-corrected chi connectivity index (χ4v) is 2.37. The molecule has 110 valence electrons. The van der Waals surface area contributed by atoms with Gasteiger partial charge in [0.1, 0.15) is 0 Å². The monoisotopic (exact) mass is 369 g/mol. The minimum Gasteiger partial charge on any atom is -0.491 e. The van der Waals surface area contributed by atoms with Gasteiger partial charge < -0.3 is 10.1 Å². The second-order valence-electron chi connectivity index (χ2n) is 4.20. The number of rotatable bonds is 4. The molecule has 0 aliphatic rings. The number of carbonyl (C=O) groups excluding carboxylic acids is 1. The Morgan fingerprint density at radius 1 is 1.33 bits per heavy atom. The molecule has 0 aliphatic carbocycles. The molecule has 0 saturated heterocycles. The zero-order chi connectivity index (χ0) is 15.4. The van der Waals surface area contributed by atoms with Crippen molar-refractivity contribution in [3.05, 3.63) is 52.3 Å². The number of halogens is 2. The largest absolute Gasteiger partial charge is 0.491 e. The average molecular weight is 370 g/mol. The summed E-state index contributed by atoms with van der Waals surface area (Å²) in [5.74, 6) is -0.702. The van der Waals surface area contributed by atoms with Gasteiger partial charge in [-0.2, -0.15) is 0 Å². The molecule has 2 aromatic rings. The van der Waals surface area contributed by atoms with E-state index in [1.54, 1.807) is 31.2 Å². The third-order valence-electron chi connectivity index (χ3n) is 2.68. The Morgan fingerprint density at radius 2 is 2.10 bits per heavy atom. The van der Waals surface area contributed by atoms with Gasteiger partial charge in [0.15, 0.2) is 11.6 Å². The molecule has 1 amide bonds. The van der Waals surface area contributed by atoms with Gasteiger partial charge in [-0.3, -0.25) is 4.79 Å². The van der Waals surface area contributed by atoms with Gasteiger partial charge in [-0.1, -0.05) is 0 Å². The second kappa shape index (κ2) is 6.95. The maximum Gasteiger partial charge on any atom is 0.256 e. The van der Waals surface area contributed by atoms with Crippen molar-refractivity contribution in [3.63, 3.8) is 0 Å². The highest BCUT2D eigenvalue weighted by Crippen LogP contribution is 2.24. The molecular formula is C15H13BrFNO2S. The molecule has 6 heteroatoms. The van der Waals surface area contributed by atoms with E-state index in [0.29, 0.717) is 27.2 Å². The number of carbonyl (C=O) groups is 1. The summed E-state index contributed by atoms with van der Waals surface area (Å²) in [7, 11) is 0. The van der Waals surface area contributed by atoms with E-state index in [0.717, 1.165) is 0 Å². The van der Waals surface area contributed by atoms with E-state index in [1.165, 1.54) is 12.1 Å². The van der Waals surface area contributed by atoms with Crippen molar-refractivity contribution in [3.8, 4) is 5.75 Å². The molecule has 2 aromatic carbocycles. The molecule has 21 heavy (non-hydrogen) atoms. The smallest absolute Gasteiger partial charge is 0.256 e. The lowest BCUT2D eigenvalue weighted by atomic mass is 10.2. The van der Waals surface area contributed by atoms with E-state index in [-0.39, 0.29) is 11.7 Å². The van der Waals surface area contributed by atoms with Gasteiger partial charge in [0, 0.05) is 21.1 Å². The number of ether oxygens (including phenoxy) is 1. The number of nitrogens with one attached hydrogen (secondary N) is 1. The predicted octanol–water partition coefficient (Wildman–Crippen LogP) is 4.53. The molecule has 3 nitrogen and oxygen atoms in total. The van der Waals surface area contributed by atoms with Crippen molar-refractivity contribution in [2.75, 3.05) is 11.9 Å². The lowest BCUT2D eigenvalue weighted by molar-refractivity contribution is 0.102. The van der Waals surface area contributed by atoms with Crippen LogP contribution in [0.5, 0.6) is 5.75 Å². The Hall–Kier alpha value is -1.53. The first-order valence-corrected chi connectivity index (χ1v) is 7.47. The maximum absolute atomic E-state index is 13.7. The molecule has 0 aromatic heterocycles. The van der Waals surface area contributed by atoms with Crippen molar-refractivity contribution in [1.29, 1.82) is 0 Å². The van der Waals surface area contributed by atoms with E-state index in [4.69, 9.17) is 4.74 Å². The van der Waals surface area contributed by atoms with Crippen LogP contribution < -0.4 is 10.1 Å². The third kappa shape index (κ3) is 3.98. The van der Waals surface area contributed by atoms with Crippen molar-refractivity contribution in [2.24, 2.45) is 0 Å². The van der Waals surface area contributed by atoms with Crippen molar-refractivity contribution in [1.82, 2.24) is 0 Å². The van der Waals surface area contributed by atoms with Crippen LogP contribution >= 0.6 is 28.6 Å². The SMILES string of the molecule is CCOc1ccc(NC(=O)c2cc(S)ccc2Br)cc1F. The molecule has 0 radical (unpaired) electrons. The second-order valence-corrected chi connectivity index (χ2v) is 5.57. The van der Waals surface area contributed by atoms with Crippen LogP contribution in [-0.2, 0) is 0 Å². The zero-order valence-corrected chi connectivity index (χ0v) is 13.7. The minimum absolute atomic E-state index is 0.161. The van der Waals surface area contributed by atoms with E-state index < -0.39 is 5.82 Å². The summed E-state index contributed by atoms with van der Waals surface area (Å²) in [5.41, 5.74) is 0.786. The van der Waals surface area contributed by atoms with Crippen LogP contribution in [0.1, 0.15) is 17.3 Å². The van der Waals surface area contributed by atoms with Crippen LogP contribution in [0.25, 0.3) is 0 Å². The molecule has 0 unspecified atom stereocenters. The van der Waals surface area contributed by atoms with Crippen molar-refractivity contribution in [2.45, 2.75) is 11.8 Å². The summed E-state index contributed by atoms with van der Waals surface area (Å²) in [5, 5.41) is 2.64. The normalized spacial score (nSPS) is 10.3. The molecule has 0 heterocycles. The quantitative estimate of drug-likeness (QED) is 0.777. The van der Waals surface area contributed by atoms with Gasteiger partial charge in [-0.05, 0) is 53.2 Å². The van der Waals surface area contributed by atoms with Gasteiger partial charge in [0.05, 0.1) is 12.2 Å². The van der Waals surface area contributed by atoms with Gasteiger partial charge in [-0.15, -0.1) is 12.6 Å². The highest BCUT2D eigenvalue weighted by molar-refractivity contribution is 9.10. The van der Waals surface area contributed by atoms with Gasteiger partial charge in [0.25, 0.3) is 5.91 Å². The number of anilines is 1. The van der Waals surface area contributed by atoms with Gasteiger partial charge in [-0.25, -0.2) is 4.39 Å². The minimum atomic E-state index is -0.517. The van der Waals surface area contributed by atoms with Crippen LogP contribution in [0, 0.1) is 5.82 Å². The lowest BCUT2D eigenvalue weighted by Gasteiger charge is -2.09. The van der Waals surface area contributed by atoms with Crippen LogP contribution in [-0.4, -0.2) is 12.5 Å². The highest BCUT2D eigenvalue weighted by atomic mass is 79.9. The summed E-state index contributed by atoms with van der Waals surface area (Å²) < 4.78 is 19.5. The first-order chi connectivity index (χ1) is 10.0. The molecule has 0 spiro atoms. The first kappa shape index (κ1) is 15.9. The summed E-state index contributed by atoms with van der Waals surface area (Å²) in [6.07, 6.45) is 0. The highest BCUT2D eigenvalue weighted by Gasteiger charge is 2.12. The average Bonchev–Trinajstić information content (AvgIpc) is 2.44. The molecule has 2 rings (SSSR count). The van der Waals surface area contributed by atoms with E-state index in [1.807, 2.05) is 0 Å². The maximum atomic E-state index is 13.7. The Morgan fingerprint density at radius 3 is 2.76 bits per heavy atom. The van der Waals surface area contributed by atoms with Crippen LogP contribution in [0.2, 0.25) is 0 Å². The fraction of sp³-hybridized carbons (Fsp3) is 0.133. The molecule has 0 aliphatic heterocycles. The third-order valence-corrected chi connectivity index (χ3v) is 3.65. The van der Waals surface area contributed by atoms with Crippen LogP contribution in [0.3, 0.4) is 0 Å². The molecular weight excluding hydrogens is 357 g/mol. The summed E-state index contributed by atoms with van der Waals surface area (Å²) in [6, 6.07) is 9.42. The van der Waals surface area contributed by atoms with E-state index >= 15 is 0 Å². The Bertz CT molecular complexity index is 679. The van der Waals surface area contributed by atoms with Crippen LogP contribution in [0.15, 0.2) is 45.8 Å². The van der Waals surface area contributed by atoms with E-state index in [9.17, 15) is 9.18 Å². The van der Waals surface area contributed by atoms with Gasteiger partial charge >= 0.3 is 0 Å². The van der Waals surface area contributed by atoms with Crippen molar-refractivity contribution < 1.29 is 13.9 Å². The Balaban J connectivity index is 2.19.